The van der Waals surface area contributed by atoms with Gasteiger partial charge in [-0.1, -0.05) is 26.0 Å². The maximum Gasteiger partial charge on any atom is 0.240 e. The lowest BCUT2D eigenvalue weighted by Crippen LogP contribution is -2.29. The molecule has 0 fully saturated rings. The largest absolute Gasteiger partial charge is 0.388 e. The molecule has 0 aromatic heterocycles. The van der Waals surface area contributed by atoms with Gasteiger partial charge in [0.1, 0.15) is 0 Å². The number of nitrogens with one attached hydrogen (secondary N) is 1. The van der Waals surface area contributed by atoms with Crippen molar-refractivity contribution in [1.82, 2.24) is 4.72 Å². The third-order valence-corrected chi connectivity index (χ3v) is 6.25. The first-order valence-corrected chi connectivity index (χ1v) is 10.0. The van der Waals surface area contributed by atoms with Crippen molar-refractivity contribution in [3.8, 4) is 0 Å². The Morgan fingerprint density at radius 2 is 1.86 bits per heavy atom. The van der Waals surface area contributed by atoms with E-state index >= 15 is 0 Å². The van der Waals surface area contributed by atoms with Crippen molar-refractivity contribution >= 4 is 19.9 Å². The molecule has 0 spiro atoms. The van der Waals surface area contributed by atoms with Crippen molar-refractivity contribution in [2.45, 2.75) is 31.3 Å². The Labute approximate surface area is 126 Å². The number of hydrogen-bond acceptors (Lipinski definition) is 5. The lowest BCUT2D eigenvalue weighted by molar-refractivity contribution is 0.173. The van der Waals surface area contributed by atoms with Crippen LogP contribution in [0.25, 0.3) is 0 Å². The molecule has 6 nitrogen and oxygen atoms in total. The van der Waals surface area contributed by atoms with E-state index in [1.807, 2.05) is 0 Å². The Bertz CT molecular complexity index is 668. The predicted octanol–water partition coefficient (Wildman–Crippen LogP) is 0.843. The van der Waals surface area contributed by atoms with Gasteiger partial charge in [-0.05, 0) is 24.1 Å². The van der Waals surface area contributed by atoms with Crippen molar-refractivity contribution < 1.29 is 21.9 Å². The van der Waals surface area contributed by atoms with Crippen molar-refractivity contribution in [1.29, 1.82) is 0 Å². The van der Waals surface area contributed by atoms with E-state index in [1.54, 1.807) is 19.1 Å². The van der Waals surface area contributed by atoms with E-state index in [9.17, 15) is 21.9 Å². The highest BCUT2D eigenvalue weighted by Crippen LogP contribution is 2.19. The van der Waals surface area contributed by atoms with Crippen molar-refractivity contribution in [2.24, 2.45) is 0 Å². The fraction of sp³-hybridized carbons (Fsp3) is 0.538. The summed E-state index contributed by atoms with van der Waals surface area (Å²) in [6.45, 7) is 3.14. The Hall–Kier alpha value is -0.960. The first-order valence-electron chi connectivity index (χ1n) is 6.70. The maximum atomic E-state index is 12.1. The molecule has 1 aromatic rings. The van der Waals surface area contributed by atoms with Gasteiger partial charge < -0.3 is 5.11 Å². The van der Waals surface area contributed by atoms with Crippen LogP contribution in [0.4, 0.5) is 0 Å². The molecule has 1 aromatic carbocycles. The van der Waals surface area contributed by atoms with Crippen LogP contribution >= 0.6 is 0 Å². The molecule has 0 saturated heterocycles. The fourth-order valence-corrected chi connectivity index (χ4v) is 3.60. The molecular weight excluding hydrogens is 314 g/mol. The molecule has 120 valence electrons. The van der Waals surface area contributed by atoms with E-state index in [0.29, 0.717) is 12.0 Å². The van der Waals surface area contributed by atoms with E-state index in [1.165, 1.54) is 19.1 Å². The molecule has 0 heterocycles. The second-order valence-corrected chi connectivity index (χ2v) is 8.87. The molecule has 0 bridgehead atoms. The molecular formula is C13H21NO5S2. The third-order valence-electron chi connectivity index (χ3n) is 3.08. The van der Waals surface area contributed by atoms with Gasteiger partial charge in [-0.2, -0.15) is 0 Å². The molecule has 0 aliphatic rings. The van der Waals surface area contributed by atoms with Crippen LogP contribution in [0.15, 0.2) is 29.2 Å². The minimum atomic E-state index is -3.78. The molecule has 1 unspecified atom stereocenters. The van der Waals surface area contributed by atoms with Crippen LogP contribution in [-0.2, 0) is 19.9 Å². The summed E-state index contributed by atoms with van der Waals surface area (Å²) in [6, 6.07) is 5.99. The number of aliphatic hydroxyl groups is 1. The van der Waals surface area contributed by atoms with Crippen LogP contribution < -0.4 is 4.72 Å². The Balaban J connectivity index is 2.84. The van der Waals surface area contributed by atoms with Gasteiger partial charge in [0, 0.05) is 12.3 Å². The van der Waals surface area contributed by atoms with Crippen LogP contribution in [0.1, 0.15) is 31.9 Å². The highest BCUT2D eigenvalue weighted by Gasteiger charge is 2.17. The molecule has 1 atom stereocenters. The molecule has 0 aliphatic heterocycles. The van der Waals surface area contributed by atoms with Crippen molar-refractivity contribution in [2.75, 3.05) is 18.1 Å². The topological polar surface area (TPSA) is 101 Å². The van der Waals surface area contributed by atoms with Gasteiger partial charge in [-0.3, -0.25) is 0 Å². The van der Waals surface area contributed by atoms with Gasteiger partial charge in [0.25, 0.3) is 0 Å². The molecule has 0 saturated carbocycles. The van der Waals surface area contributed by atoms with Crippen LogP contribution in [0.3, 0.4) is 0 Å². The number of sulfone groups is 1. The Morgan fingerprint density at radius 1 is 1.19 bits per heavy atom. The van der Waals surface area contributed by atoms with Crippen LogP contribution in [0.2, 0.25) is 0 Å². The smallest absolute Gasteiger partial charge is 0.240 e. The van der Waals surface area contributed by atoms with E-state index in [-0.39, 0.29) is 22.9 Å². The average Bonchev–Trinajstić information content (AvgIpc) is 2.46. The first-order chi connectivity index (χ1) is 9.72. The van der Waals surface area contributed by atoms with E-state index in [0.717, 1.165) is 0 Å². The summed E-state index contributed by atoms with van der Waals surface area (Å²) in [7, 11) is -7.00. The van der Waals surface area contributed by atoms with Gasteiger partial charge in [-0.25, -0.2) is 21.6 Å². The summed E-state index contributed by atoms with van der Waals surface area (Å²) in [5.74, 6) is -0.257. The predicted molar refractivity (Wildman–Crippen MR) is 81.2 cm³/mol. The summed E-state index contributed by atoms with van der Waals surface area (Å²) in [4.78, 5) is 0.0152. The fourth-order valence-electron chi connectivity index (χ4n) is 1.68. The minimum absolute atomic E-state index is 0.0152. The quantitative estimate of drug-likeness (QED) is 0.733. The van der Waals surface area contributed by atoms with Gasteiger partial charge in [0.05, 0.1) is 16.8 Å². The summed E-state index contributed by atoms with van der Waals surface area (Å²) < 4.78 is 49.1. The molecule has 21 heavy (non-hydrogen) atoms. The zero-order chi connectivity index (χ0) is 16.1. The number of benzene rings is 1. The first kappa shape index (κ1) is 18.1. The van der Waals surface area contributed by atoms with E-state index in [4.69, 9.17) is 0 Å². The number of rotatable bonds is 8. The normalized spacial score (nSPS) is 14.0. The van der Waals surface area contributed by atoms with Gasteiger partial charge in [-0.15, -0.1) is 0 Å². The van der Waals surface area contributed by atoms with Crippen LogP contribution in [-0.4, -0.2) is 40.0 Å². The second-order valence-electron chi connectivity index (χ2n) is 4.63. The summed E-state index contributed by atoms with van der Waals surface area (Å²) in [5, 5.41) is 9.74. The van der Waals surface area contributed by atoms with Gasteiger partial charge in [0.2, 0.25) is 10.0 Å². The SMILES string of the molecule is CCC(O)c1cccc(S(=O)(=O)NCCS(=O)(=O)CC)c1. The lowest BCUT2D eigenvalue weighted by atomic mass is 10.1. The number of aliphatic hydroxyl groups excluding tert-OH is 1. The Morgan fingerprint density at radius 3 is 2.43 bits per heavy atom. The lowest BCUT2D eigenvalue weighted by Gasteiger charge is -2.11. The molecule has 0 radical (unpaired) electrons. The minimum Gasteiger partial charge on any atom is -0.388 e. The van der Waals surface area contributed by atoms with Gasteiger partial charge in [0.15, 0.2) is 9.84 Å². The van der Waals surface area contributed by atoms with E-state index in [2.05, 4.69) is 4.72 Å². The monoisotopic (exact) mass is 335 g/mol. The average molecular weight is 335 g/mol. The maximum absolute atomic E-state index is 12.1. The highest BCUT2D eigenvalue weighted by molar-refractivity contribution is 7.91. The van der Waals surface area contributed by atoms with Crippen molar-refractivity contribution in [3.63, 3.8) is 0 Å². The molecule has 1 rings (SSSR count). The summed E-state index contributed by atoms with van der Waals surface area (Å²) >= 11 is 0. The molecule has 2 N–H and O–H groups in total. The number of hydrogen-bond donors (Lipinski definition) is 2. The molecule has 0 aliphatic carbocycles. The zero-order valence-electron chi connectivity index (χ0n) is 12.1. The second kappa shape index (κ2) is 7.35. The van der Waals surface area contributed by atoms with Crippen molar-refractivity contribution in [3.05, 3.63) is 29.8 Å². The van der Waals surface area contributed by atoms with Crippen LogP contribution in [0.5, 0.6) is 0 Å². The molecule has 0 amide bonds. The number of sulfonamides is 1. The standard InChI is InChI=1S/C13H21NO5S2/c1-3-13(15)11-6-5-7-12(10-11)21(18,19)14-8-9-20(16,17)4-2/h5-7,10,13-15H,3-4,8-9H2,1-2H3. The third kappa shape index (κ3) is 5.39. The summed E-state index contributed by atoms with van der Waals surface area (Å²) in [5.41, 5.74) is 0.515. The summed E-state index contributed by atoms with van der Waals surface area (Å²) in [6.07, 6.45) is -0.244. The highest BCUT2D eigenvalue weighted by atomic mass is 32.2. The molecule has 8 heteroatoms. The zero-order valence-corrected chi connectivity index (χ0v) is 13.7. The van der Waals surface area contributed by atoms with Gasteiger partial charge >= 0.3 is 0 Å². The van der Waals surface area contributed by atoms with Crippen LogP contribution in [0, 0.1) is 0 Å². The Kier molecular flexibility index (Phi) is 6.33. The van der Waals surface area contributed by atoms with E-state index < -0.39 is 26.0 Å².